The topological polar surface area (TPSA) is 103 Å². The normalized spacial score (nSPS) is 16.3. The van der Waals surface area contributed by atoms with Crippen molar-refractivity contribution in [3.63, 3.8) is 0 Å². The number of hydrogen-bond acceptors (Lipinski definition) is 6. The predicted molar refractivity (Wildman–Crippen MR) is 203 cm³/mol. The predicted octanol–water partition coefficient (Wildman–Crippen LogP) is 8.88. The third-order valence-electron chi connectivity index (χ3n) is 11.1. The van der Waals surface area contributed by atoms with Gasteiger partial charge >= 0.3 is 0 Å². The molecule has 1 amide bonds. The number of aromatic nitrogens is 4. The summed E-state index contributed by atoms with van der Waals surface area (Å²) in [5.74, 6) is -0.279. The minimum atomic E-state index is -1.89. The monoisotopic (exact) mass is 694 g/mol. The second kappa shape index (κ2) is 14.8. The van der Waals surface area contributed by atoms with E-state index >= 15 is 0 Å². The Morgan fingerprint density at radius 2 is 1.54 bits per heavy atom. The van der Waals surface area contributed by atoms with E-state index < -0.39 is 8.32 Å². The summed E-state index contributed by atoms with van der Waals surface area (Å²) in [5.41, 5.74) is 10.8. The first-order valence-corrected chi connectivity index (χ1v) is 20.6. The average molecular weight is 695 g/mol. The number of nitrogens with one attached hydrogen (secondary N) is 2. The van der Waals surface area contributed by atoms with Crippen LogP contribution in [0, 0.1) is 13.8 Å². The lowest BCUT2D eigenvalue weighted by molar-refractivity contribution is 0.0950. The fourth-order valence-corrected chi connectivity index (χ4v) is 14.1. The van der Waals surface area contributed by atoms with E-state index in [1.165, 1.54) is 5.69 Å². The maximum Gasteiger partial charge on any atom is 0.276 e. The first kappa shape index (κ1) is 35.9. The maximum atomic E-state index is 13.3. The summed E-state index contributed by atoms with van der Waals surface area (Å²) in [6.07, 6.45) is 3.42. The van der Waals surface area contributed by atoms with Gasteiger partial charge in [0.15, 0.2) is 19.8 Å². The standard InChI is InChI=1S/C40H54N6O3Si/c1-25(2)50(26(3)4,27(5)6)49-22-19-41-34-17-11-20-45-37(34)23-35(43-45)32-15-9-13-30(28(32)7)31-14-10-16-33(29(31)8)42-40(48)36-24-38-39(47)18-12-21-46(38)44-36/h9-10,13-16,23-27,34,41H,11-12,17-22H2,1-8H3,(H,42,48). The van der Waals surface area contributed by atoms with Gasteiger partial charge < -0.3 is 15.1 Å². The van der Waals surface area contributed by atoms with Crippen molar-refractivity contribution in [1.82, 2.24) is 24.9 Å². The third kappa shape index (κ3) is 6.77. The highest BCUT2D eigenvalue weighted by atomic mass is 28.4. The maximum absolute atomic E-state index is 13.3. The number of nitrogens with zero attached hydrogens (tertiary/aromatic N) is 4. The highest BCUT2D eigenvalue weighted by molar-refractivity contribution is 6.77. The summed E-state index contributed by atoms with van der Waals surface area (Å²) in [4.78, 5) is 25.6. The van der Waals surface area contributed by atoms with Crippen molar-refractivity contribution in [1.29, 1.82) is 0 Å². The summed E-state index contributed by atoms with van der Waals surface area (Å²) >= 11 is 0. The molecule has 0 saturated heterocycles. The SMILES string of the molecule is Cc1c(NC(=O)c2cc3n(n2)CCCC3=O)cccc1-c1cccc(-c2cc3n(n2)CCCC3NCCO[Si](C(C)C)(C(C)C)C(C)C)c1C. The second-order valence-electron chi connectivity index (χ2n) is 15.1. The number of carbonyl (C=O) groups excluding carboxylic acids is 2. The molecule has 50 heavy (non-hydrogen) atoms. The van der Waals surface area contributed by atoms with E-state index in [-0.39, 0.29) is 23.4 Å². The molecule has 2 aromatic heterocycles. The number of aryl methyl sites for hydroxylation is 2. The molecule has 9 nitrogen and oxygen atoms in total. The molecule has 10 heteroatoms. The molecule has 2 aromatic carbocycles. The van der Waals surface area contributed by atoms with E-state index in [4.69, 9.17) is 9.52 Å². The lowest BCUT2D eigenvalue weighted by Crippen LogP contribution is -2.49. The minimum Gasteiger partial charge on any atom is -0.415 e. The number of amides is 1. The number of fused-ring (bicyclic) bond motifs is 2. The molecular weight excluding hydrogens is 641 g/mol. The van der Waals surface area contributed by atoms with Crippen LogP contribution in [0.5, 0.6) is 0 Å². The highest BCUT2D eigenvalue weighted by Crippen LogP contribution is 2.42. The van der Waals surface area contributed by atoms with Crippen molar-refractivity contribution in [3.05, 3.63) is 76.7 Å². The van der Waals surface area contributed by atoms with Gasteiger partial charge in [-0.3, -0.25) is 19.0 Å². The zero-order valence-electron chi connectivity index (χ0n) is 31.1. The first-order chi connectivity index (χ1) is 23.9. The van der Waals surface area contributed by atoms with Crippen molar-refractivity contribution in [2.75, 3.05) is 18.5 Å². The molecule has 2 aliphatic rings. The van der Waals surface area contributed by atoms with Crippen LogP contribution in [0.2, 0.25) is 16.6 Å². The Balaban J connectivity index is 1.19. The summed E-state index contributed by atoms with van der Waals surface area (Å²) in [6.45, 7) is 21.4. The van der Waals surface area contributed by atoms with Gasteiger partial charge in [0, 0.05) is 56.0 Å². The molecule has 4 aromatic rings. The van der Waals surface area contributed by atoms with Crippen molar-refractivity contribution < 1.29 is 14.0 Å². The van der Waals surface area contributed by atoms with Gasteiger partial charge in [-0.15, -0.1) is 0 Å². The van der Waals surface area contributed by atoms with Gasteiger partial charge in [0.05, 0.1) is 11.4 Å². The number of hydrogen-bond donors (Lipinski definition) is 2. The van der Waals surface area contributed by atoms with Gasteiger partial charge in [-0.05, 0) is 84.1 Å². The van der Waals surface area contributed by atoms with Crippen molar-refractivity contribution in [2.45, 2.75) is 117 Å². The number of rotatable bonds is 12. The number of anilines is 1. The van der Waals surface area contributed by atoms with Gasteiger partial charge in [0.2, 0.25) is 0 Å². The summed E-state index contributed by atoms with van der Waals surface area (Å²) in [6, 6.07) is 16.5. The number of carbonyl (C=O) groups is 2. The van der Waals surface area contributed by atoms with Crippen LogP contribution in [-0.2, 0) is 17.5 Å². The van der Waals surface area contributed by atoms with Crippen LogP contribution in [0.25, 0.3) is 22.4 Å². The molecule has 1 atom stereocenters. The lowest BCUT2D eigenvalue weighted by atomic mass is 9.91. The smallest absolute Gasteiger partial charge is 0.276 e. The second-order valence-corrected chi connectivity index (χ2v) is 20.5. The Hall–Kier alpha value is -3.86. The van der Waals surface area contributed by atoms with E-state index in [2.05, 4.69) is 99.2 Å². The number of ketones is 1. The molecule has 2 N–H and O–H groups in total. The van der Waals surface area contributed by atoms with Crippen LogP contribution < -0.4 is 10.6 Å². The fourth-order valence-electron chi connectivity index (χ4n) is 8.68. The number of Topliss-reactive ketones (excluding diaryl/α,β-unsaturated/α-hetero) is 1. The summed E-state index contributed by atoms with van der Waals surface area (Å²) < 4.78 is 10.7. The minimum absolute atomic E-state index is 0.0362. The molecule has 4 heterocycles. The summed E-state index contributed by atoms with van der Waals surface area (Å²) in [7, 11) is -1.89. The van der Waals surface area contributed by atoms with E-state index in [0.29, 0.717) is 35.3 Å². The molecule has 0 radical (unpaired) electrons. The Morgan fingerprint density at radius 1 is 0.880 bits per heavy atom. The van der Waals surface area contributed by atoms with E-state index in [1.807, 2.05) is 19.1 Å². The molecule has 0 saturated carbocycles. The quantitative estimate of drug-likeness (QED) is 0.113. The van der Waals surface area contributed by atoms with Gasteiger partial charge in [-0.1, -0.05) is 71.9 Å². The van der Waals surface area contributed by atoms with Gasteiger partial charge in [-0.25, -0.2) is 0 Å². The third-order valence-corrected chi connectivity index (χ3v) is 17.3. The molecule has 0 bridgehead atoms. The van der Waals surface area contributed by atoms with E-state index in [9.17, 15) is 9.59 Å². The Bertz CT molecular complexity index is 1850. The largest absolute Gasteiger partial charge is 0.415 e. The zero-order valence-corrected chi connectivity index (χ0v) is 32.1. The highest BCUT2D eigenvalue weighted by Gasteiger charge is 2.44. The molecule has 0 fully saturated rings. The van der Waals surface area contributed by atoms with Crippen LogP contribution in [0.15, 0.2) is 48.5 Å². The molecule has 1 unspecified atom stereocenters. The average Bonchev–Trinajstić information content (AvgIpc) is 3.72. The fraction of sp³-hybridized carbons (Fsp3) is 0.500. The summed E-state index contributed by atoms with van der Waals surface area (Å²) in [5, 5.41) is 16.4. The van der Waals surface area contributed by atoms with Gasteiger partial charge in [-0.2, -0.15) is 10.2 Å². The van der Waals surface area contributed by atoms with Crippen LogP contribution in [-0.4, -0.2) is 52.7 Å². The van der Waals surface area contributed by atoms with Crippen LogP contribution in [0.4, 0.5) is 5.69 Å². The van der Waals surface area contributed by atoms with Crippen LogP contribution in [0.3, 0.4) is 0 Å². The van der Waals surface area contributed by atoms with Crippen molar-refractivity contribution >= 4 is 25.7 Å². The molecular formula is C40H54N6O3Si. The van der Waals surface area contributed by atoms with Crippen LogP contribution >= 0.6 is 0 Å². The Kier molecular flexibility index (Phi) is 10.6. The Morgan fingerprint density at radius 3 is 2.24 bits per heavy atom. The van der Waals surface area contributed by atoms with Crippen LogP contribution in [0.1, 0.15) is 111 Å². The number of benzene rings is 2. The lowest BCUT2D eigenvalue weighted by Gasteiger charge is -2.42. The van der Waals surface area contributed by atoms with E-state index in [1.54, 1.807) is 10.7 Å². The molecule has 0 aliphatic carbocycles. The first-order valence-electron chi connectivity index (χ1n) is 18.5. The molecule has 6 rings (SSSR count). The van der Waals surface area contributed by atoms with Gasteiger partial charge in [0.1, 0.15) is 5.69 Å². The van der Waals surface area contributed by atoms with Crippen molar-refractivity contribution in [2.24, 2.45) is 0 Å². The molecule has 0 spiro atoms. The Labute approximate surface area is 298 Å². The zero-order chi connectivity index (χ0) is 35.7. The molecule has 2 aliphatic heterocycles. The molecule has 266 valence electrons. The van der Waals surface area contributed by atoms with E-state index in [0.717, 1.165) is 78.2 Å². The van der Waals surface area contributed by atoms with Crippen molar-refractivity contribution in [3.8, 4) is 22.4 Å². The van der Waals surface area contributed by atoms with Gasteiger partial charge in [0.25, 0.3) is 5.91 Å².